The molecule has 0 fully saturated rings. The Bertz CT molecular complexity index is 1100. The molecule has 0 spiro atoms. The van der Waals surface area contributed by atoms with Gasteiger partial charge in [0.05, 0.1) is 24.9 Å². The van der Waals surface area contributed by atoms with Crippen molar-refractivity contribution in [2.75, 3.05) is 12.4 Å². The van der Waals surface area contributed by atoms with Crippen LogP contribution in [-0.4, -0.2) is 23.0 Å². The second-order valence-electron chi connectivity index (χ2n) is 6.12. The van der Waals surface area contributed by atoms with Crippen molar-refractivity contribution in [3.05, 3.63) is 57.0 Å². The molecule has 0 saturated heterocycles. The Hall–Kier alpha value is -2.55. The van der Waals surface area contributed by atoms with Crippen LogP contribution in [0, 0.1) is 6.92 Å². The lowest BCUT2D eigenvalue weighted by atomic mass is 10.1. The number of hydrogen-bond acceptors (Lipinski definition) is 7. The Balaban J connectivity index is 1.44. The van der Waals surface area contributed by atoms with E-state index in [0.717, 1.165) is 38.8 Å². The number of methoxy groups -OCH3 is 1. The monoisotopic (exact) mass is 427 g/mol. The minimum Gasteiger partial charge on any atom is -0.496 e. The smallest absolute Gasteiger partial charge is 0.232 e. The molecular formula is C20H17N3O2S3. The highest BCUT2D eigenvalue weighted by atomic mass is 32.1. The molecule has 4 aromatic rings. The van der Waals surface area contributed by atoms with Gasteiger partial charge in [-0.2, -0.15) is 11.3 Å². The third-order valence-corrected chi connectivity index (χ3v) is 6.42. The van der Waals surface area contributed by atoms with Crippen LogP contribution in [0.3, 0.4) is 0 Å². The number of thiazole rings is 2. The predicted molar refractivity (Wildman–Crippen MR) is 117 cm³/mol. The van der Waals surface area contributed by atoms with Crippen LogP contribution in [0.4, 0.5) is 5.13 Å². The van der Waals surface area contributed by atoms with E-state index in [1.807, 2.05) is 47.3 Å². The van der Waals surface area contributed by atoms with Crippen molar-refractivity contribution in [3.63, 3.8) is 0 Å². The van der Waals surface area contributed by atoms with Gasteiger partial charge in [-0.25, -0.2) is 9.97 Å². The largest absolute Gasteiger partial charge is 0.496 e. The molecular weight excluding hydrogens is 410 g/mol. The SMILES string of the molecule is COc1ccc(C)cc1-c1csc(NC(=O)Cc2csc(-c3ccsc3)n2)n1. The van der Waals surface area contributed by atoms with E-state index < -0.39 is 0 Å². The summed E-state index contributed by atoms with van der Waals surface area (Å²) in [6.45, 7) is 2.02. The Labute approximate surface area is 174 Å². The maximum absolute atomic E-state index is 12.4. The topological polar surface area (TPSA) is 64.1 Å². The van der Waals surface area contributed by atoms with Crippen molar-refractivity contribution >= 4 is 45.0 Å². The first-order valence-corrected chi connectivity index (χ1v) is 11.2. The summed E-state index contributed by atoms with van der Waals surface area (Å²) in [7, 11) is 1.64. The molecule has 3 heterocycles. The predicted octanol–water partition coefficient (Wildman–Crippen LogP) is 5.49. The number of rotatable bonds is 6. The summed E-state index contributed by atoms with van der Waals surface area (Å²) in [4.78, 5) is 21.5. The number of nitrogens with one attached hydrogen (secondary N) is 1. The van der Waals surface area contributed by atoms with Crippen LogP contribution in [0.2, 0.25) is 0 Å². The molecule has 0 bridgehead atoms. The zero-order valence-electron chi connectivity index (χ0n) is 15.3. The maximum atomic E-state index is 12.4. The van der Waals surface area contributed by atoms with Crippen LogP contribution in [-0.2, 0) is 11.2 Å². The van der Waals surface area contributed by atoms with E-state index in [-0.39, 0.29) is 12.3 Å². The highest BCUT2D eigenvalue weighted by molar-refractivity contribution is 7.14. The minimum absolute atomic E-state index is 0.126. The normalized spacial score (nSPS) is 10.8. The molecule has 0 aliphatic rings. The molecule has 0 aliphatic carbocycles. The highest BCUT2D eigenvalue weighted by Gasteiger charge is 2.14. The number of thiophene rings is 1. The molecule has 1 N–H and O–H groups in total. The van der Waals surface area contributed by atoms with Crippen molar-refractivity contribution in [2.45, 2.75) is 13.3 Å². The molecule has 0 radical (unpaired) electrons. The van der Waals surface area contributed by atoms with Crippen LogP contribution in [0.1, 0.15) is 11.3 Å². The molecule has 0 unspecified atom stereocenters. The number of anilines is 1. The second kappa shape index (κ2) is 8.22. The molecule has 28 heavy (non-hydrogen) atoms. The highest BCUT2D eigenvalue weighted by Crippen LogP contribution is 2.33. The molecule has 142 valence electrons. The minimum atomic E-state index is -0.126. The Kier molecular flexibility index (Phi) is 5.52. The van der Waals surface area contributed by atoms with Crippen molar-refractivity contribution in [3.8, 4) is 27.6 Å². The molecule has 0 saturated carbocycles. The fourth-order valence-corrected chi connectivity index (χ4v) is 4.97. The van der Waals surface area contributed by atoms with Crippen LogP contribution in [0.5, 0.6) is 5.75 Å². The number of amides is 1. The lowest BCUT2D eigenvalue weighted by Gasteiger charge is -2.07. The summed E-state index contributed by atoms with van der Waals surface area (Å²) in [5, 5.41) is 12.3. The van der Waals surface area contributed by atoms with Gasteiger partial charge in [0.25, 0.3) is 0 Å². The summed E-state index contributed by atoms with van der Waals surface area (Å²) in [5.41, 5.74) is 4.69. The number of nitrogens with zero attached hydrogens (tertiary/aromatic N) is 2. The van der Waals surface area contributed by atoms with Crippen LogP contribution < -0.4 is 10.1 Å². The third kappa shape index (κ3) is 4.14. The number of benzene rings is 1. The molecule has 0 aliphatic heterocycles. The van der Waals surface area contributed by atoms with Gasteiger partial charge in [-0.15, -0.1) is 22.7 Å². The standard InChI is InChI=1S/C20H17N3O2S3/c1-12-3-4-17(25-2)15(7-12)16-11-28-20(22-16)23-18(24)8-14-10-27-19(21-14)13-5-6-26-9-13/h3-7,9-11H,8H2,1-2H3,(H,22,23,24). The summed E-state index contributed by atoms with van der Waals surface area (Å²) < 4.78 is 5.43. The lowest BCUT2D eigenvalue weighted by Crippen LogP contribution is -2.14. The zero-order valence-corrected chi connectivity index (χ0v) is 17.7. The molecule has 8 heteroatoms. The van der Waals surface area contributed by atoms with Gasteiger partial charge in [0.2, 0.25) is 5.91 Å². The average Bonchev–Trinajstić information content (AvgIpc) is 3.43. The van der Waals surface area contributed by atoms with E-state index in [1.54, 1.807) is 29.8 Å². The van der Waals surface area contributed by atoms with E-state index in [4.69, 9.17) is 4.74 Å². The molecule has 0 atom stereocenters. The van der Waals surface area contributed by atoms with Gasteiger partial charge in [0, 0.05) is 27.3 Å². The Morgan fingerprint density at radius 2 is 2.04 bits per heavy atom. The number of aromatic nitrogens is 2. The third-order valence-electron chi connectivity index (χ3n) is 4.04. The first kappa shape index (κ1) is 18.8. The van der Waals surface area contributed by atoms with E-state index in [1.165, 1.54) is 11.3 Å². The van der Waals surface area contributed by atoms with Gasteiger partial charge in [-0.05, 0) is 30.5 Å². The lowest BCUT2D eigenvalue weighted by molar-refractivity contribution is -0.115. The van der Waals surface area contributed by atoms with Crippen molar-refractivity contribution < 1.29 is 9.53 Å². The number of carbonyl (C=O) groups is 1. The second-order valence-corrected chi connectivity index (χ2v) is 8.62. The quantitative estimate of drug-likeness (QED) is 0.442. The first-order chi connectivity index (χ1) is 13.6. The van der Waals surface area contributed by atoms with E-state index in [9.17, 15) is 4.79 Å². The Morgan fingerprint density at radius 1 is 1.14 bits per heavy atom. The van der Waals surface area contributed by atoms with Crippen molar-refractivity contribution in [2.24, 2.45) is 0 Å². The van der Waals surface area contributed by atoms with Crippen LogP contribution >= 0.6 is 34.0 Å². The van der Waals surface area contributed by atoms with Crippen LogP contribution in [0.15, 0.2) is 45.8 Å². The van der Waals surface area contributed by atoms with Gasteiger partial charge >= 0.3 is 0 Å². The summed E-state index contributed by atoms with van der Waals surface area (Å²) in [5.74, 6) is 0.636. The van der Waals surface area contributed by atoms with E-state index in [2.05, 4.69) is 20.7 Å². The molecule has 1 aromatic carbocycles. The van der Waals surface area contributed by atoms with Gasteiger partial charge in [0.1, 0.15) is 10.8 Å². The van der Waals surface area contributed by atoms with Crippen molar-refractivity contribution in [1.29, 1.82) is 0 Å². The number of aryl methyl sites for hydroxylation is 1. The summed E-state index contributed by atoms with van der Waals surface area (Å²) >= 11 is 4.58. The maximum Gasteiger partial charge on any atom is 0.232 e. The summed E-state index contributed by atoms with van der Waals surface area (Å²) in [6.07, 6.45) is 0.226. The van der Waals surface area contributed by atoms with Gasteiger partial charge in [-0.1, -0.05) is 11.6 Å². The van der Waals surface area contributed by atoms with Crippen molar-refractivity contribution in [1.82, 2.24) is 9.97 Å². The van der Waals surface area contributed by atoms with Crippen LogP contribution in [0.25, 0.3) is 21.8 Å². The molecule has 4 rings (SSSR count). The van der Waals surface area contributed by atoms with Gasteiger partial charge in [0.15, 0.2) is 5.13 Å². The fraction of sp³-hybridized carbons (Fsp3) is 0.150. The van der Waals surface area contributed by atoms with E-state index >= 15 is 0 Å². The number of ether oxygens (including phenoxy) is 1. The number of hydrogen-bond donors (Lipinski definition) is 1. The van der Waals surface area contributed by atoms with Gasteiger partial charge in [-0.3, -0.25) is 4.79 Å². The fourth-order valence-electron chi connectivity index (χ4n) is 2.71. The average molecular weight is 428 g/mol. The molecule has 1 amide bonds. The van der Waals surface area contributed by atoms with E-state index in [0.29, 0.717) is 5.13 Å². The Morgan fingerprint density at radius 3 is 2.82 bits per heavy atom. The zero-order chi connectivity index (χ0) is 19.5. The van der Waals surface area contributed by atoms with Gasteiger partial charge < -0.3 is 10.1 Å². The molecule has 3 aromatic heterocycles. The summed E-state index contributed by atoms with van der Waals surface area (Å²) in [6, 6.07) is 7.98. The first-order valence-electron chi connectivity index (χ1n) is 8.50. The number of carbonyl (C=O) groups excluding carboxylic acids is 1. The molecule has 5 nitrogen and oxygen atoms in total.